The van der Waals surface area contributed by atoms with Crippen molar-refractivity contribution in [3.63, 3.8) is 0 Å². The number of rotatable bonds is 5. The van der Waals surface area contributed by atoms with E-state index in [1.165, 1.54) is 7.11 Å². The summed E-state index contributed by atoms with van der Waals surface area (Å²) in [4.78, 5) is 24.1. The number of amides is 1. The molecule has 5 heteroatoms. The van der Waals surface area contributed by atoms with E-state index in [0.717, 1.165) is 11.1 Å². The van der Waals surface area contributed by atoms with Gasteiger partial charge in [-0.05, 0) is 43.4 Å². The molecular formula is C16H24N2O3. The van der Waals surface area contributed by atoms with Crippen LogP contribution in [0.3, 0.4) is 0 Å². The number of carbonyl (C=O) groups is 2. The van der Waals surface area contributed by atoms with Gasteiger partial charge in [0.05, 0.1) is 7.11 Å². The number of nitrogen functional groups attached to an aromatic ring is 1. The van der Waals surface area contributed by atoms with E-state index >= 15 is 0 Å². The maximum atomic E-state index is 12.4. The molecule has 1 aromatic rings. The van der Waals surface area contributed by atoms with Gasteiger partial charge in [-0.2, -0.15) is 0 Å². The number of ether oxygens (including phenoxy) is 1. The molecule has 0 aromatic heterocycles. The molecule has 0 bridgehead atoms. The van der Waals surface area contributed by atoms with E-state index in [-0.39, 0.29) is 11.8 Å². The molecule has 1 amide bonds. The first-order valence-corrected chi connectivity index (χ1v) is 7.01. The van der Waals surface area contributed by atoms with Gasteiger partial charge in [-0.3, -0.25) is 4.79 Å². The lowest BCUT2D eigenvalue weighted by Gasteiger charge is -2.19. The van der Waals surface area contributed by atoms with Gasteiger partial charge in [-0.15, -0.1) is 0 Å². The number of esters is 1. The number of benzene rings is 1. The molecule has 1 aromatic carbocycles. The Morgan fingerprint density at radius 2 is 1.86 bits per heavy atom. The SMILES string of the molecule is COC(=O)C(CC(C)C)NC(=O)c1cc(N)c(C)cc1C. The summed E-state index contributed by atoms with van der Waals surface area (Å²) in [5.74, 6) is -0.483. The van der Waals surface area contributed by atoms with Crippen LogP contribution < -0.4 is 11.1 Å². The van der Waals surface area contributed by atoms with Gasteiger partial charge >= 0.3 is 5.97 Å². The van der Waals surface area contributed by atoms with Crippen molar-refractivity contribution in [2.45, 2.75) is 40.2 Å². The van der Waals surface area contributed by atoms with Gasteiger partial charge in [0.25, 0.3) is 5.91 Å². The molecule has 1 rings (SSSR count). The number of nitrogens with one attached hydrogen (secondary N) is 1. The highest BCUT2D eigenvalue weighted by molar-refractivity contribution is 5.98. The first-order chi connectivity index (χ1) is 9.76. The average molecular weight is 292 g/mol. The van der Waals surface area contributed by atoms with Gasteiger partial charge in [-0.1, -0.05) is 19.9 Å². The summed E-state index contributed by atoms with van der Waals surface area (Å²) < 4.78 is 4.74. The summed E-state index contributed by atoms with van der Waals surface area (Å²) in [6.07, 6.45) is 0.527. The Hall–Kier alpha value is -2.04. The molecule has 0 fully saturated rings. The normalized spacial score (nSPS) is 12.1. The Kier molecular flexibility index (Phi) is 5.76. The predicted octanol–water partition coefficient (Wildman–Crippen LogP) is 2.20. The maximum Gasteiger partial charge on any atom is 0.328 e. The van der Waals surface area contributed by atoms with Gasteiger partial charge in [0.2, 0.25) is 0 Å². The van der Waals surface area contributed by atoms with Gasteiger partial charge in [0, 0.05) is 11.3 Å². The Bertz CT molecular complexity index is 539. The molecule has 0 radical (unpaired) electrons. The highest BCUT2D eigenvalue weighted by atomic mass is 16.5. The average Bonchev–Trinajstić information content (AvgIpc) is 2.40. The van der Waals surface area contributed by atoms with Gasteiger partial charge in [-0.25, -0.2) is 4.79 Å². The summed E-state index contributed by atoms with van der Waals surface area (Å²) in [6.45, 7) is 7.70. The van der Waals surface area contributed by atoms with Gasteiger partial charge in [0.15, 0.2) is 0 Å². The van der Waals surface area contributed by atoms with E-state index in [4.69, 9.17) is 10.5 Å². The van der Waals surface area contributed by atoms with E-state index in [9.17, 15) is 9.59 Å². The number of hydrogen-bond acceptors (Lipinski definition) is 4. The standard InChI is InChI=1S/C16H24N2O3/c1-9(2)6-14(16(20)21-5)18-15(19)12-8-13(17)11(4)7-10(12)3/h7-9,14H,6,17H2,1-5H3,(H,18,19). The summed E-state index contributed by atoms with van der Waals surface area (Å²) in [5.41, 5.74) is 8.65. The lowest BCUT2D eigenvalue weighted by Crippen LogP contribution is -2.42. The summed E-state index contributed by atoms with van der Waals surface area (Å²) in [7, 11) is 1.32. The summed E-state index contributed by atoms with van der Waals surface area (Å²) in [6, 6.07) is 2.85. The first kappa shape index (κ1) is 17.0. The van der Waals surface area contributed by atoms with Crippen LogP contribution in [0.2, 0.25) is 0 Å². The van der Waals surface area contributed by atoms with Crippen LogP contribution in [0.5, 0.6) is 0 Å². The highest BCUT2D eigenvalue weighted by Gasteiger charge is 2.24. The minimum absolute atomic E-state index is 0.263. The smallest absolute Gasteiger partial charge is 0.328 e. The van der Waals surface area contributed by atoms with E-state index in [1.807, 2.05) is 33.8 Å². The molecule has 3 N–H and O–H groups in total. The fourth-order valence-corrected chi connectivity index (χ4v) is 2.18. The summed E-state index contributed by atoms with van der Waals surface area (Å²) >= 11 is 0. The molecule has 0 aliphatic heterocycles. The zero-order chi connectivity index (χ0) is 16.2. The number of aryl methyl sites for hydroxylation is 2. The molecule has 1 unspecified atom stereocenters. The minimum atomic E-state index is -0.649. The fourth-order valence-electron chi connectivity index (χ4n) is 2.18. The lowest BCUT2D eigenvalue weighted by atomic mass is 10.0. The Balaban J connectivity index is 2.96. The van der Waals surface area contributed by atoms with Gasteiger partial charge in [0.1, 0.15) is 6.04 Å². The van der Waals surface area contributed by atoms with Crippen molar-refractivity contribution in [2.75, 3.05) is 12.8 Å². The van der Waals surface area contributed by atoms with E-state index < -0.39 is 12.0 Å². The molecule has 21 heavy (non-hydrogen) atoms. The Morgan fingerprint density at radius 1 is 1.24 bits per heavy atom. The number of nitrogens with two attached hydrogens (primary N) is 1. The zero-order valence-electron chi connectivity index (χ0n) is 13.3. The van der Waals surface area contributed by atoms with Crippen molar-refractivity contribution in [1.29, 1.82) is 0 Å². The van der Waals surface area contributed by atoms with E-state index in [1.54, 1.807) is 6.07 Å². The van der Waals surface area contributed by atoms with Crippen LogP contribution in [-0.4, -0.2) is 25.0 Å². The van der Waals surface area contributed by atoms with Crippen LogP contribution in [0, 0.1) is 19.8 Å². The van der Waals surface area contributed by atoms with Crippen LogP contribution in [0.25, 0.3) is 0 Å². The van der Waals surface area contributed by atoms with Crippen molar-refractivity contribution in [3.8, 4) is 0 Å². The molecule has 116 valence electrons. The molecule has 1 atom stereocenters. The van der Waals surface area contributed by atoms with Crippen LogP contribution >= 0.6 is 0 Å². The number of hydrogen-bond donors (Lipinski definition) is 2. The molecule has 0 saturated heterocycles. The topological polar surface area (TPSA) is 81.4 Å². The van der Waals surface area contributed by atoms with Crippen molar-refractivity contribution in [3.05, 3.63) is 28.8 Å². The second-order valence-corrected chi connectivity index (χ2v) is 5.70. The fraction of sp³-hybridized carbons (Fsp3) is 0.500. The van der Waals surface area contributed by atoms with Crippen LogP contribution in [0.4, 0.5) is 5.69 Å². The van der Waals surface area contributed by atoms with E-state index in [2.05, 4.69) is 5.32 Å². The second kappa shape index (κ2) is 7.11. The third kappa shape index (κ3) is 4.48. The lowest BCUT2D eigenvalue weighted by molar-refractivity contribution is -0.143. The number of carbonyl (C=O) groups excluding carboxylic acids is 2. The Labute approximate surface area is 125 Å². The molecule has 0 saturated carbocycles. The molecule has 0 spiro atoms. The highest BCUT2D eigenvalue weighted by Crippen LogP contribution is 2.18. The van der Waals surface area contributed by atoms with Crippen LogP contribution in [0.1, 0.15) is 41.8 Å². The Morgan fingerprint density at radius 3 is 2.38 bits per heavy atom. The monoisotopic (exact) mass is 292 g/mol. The van der Waals surface area contributed by atoms with E-state index in [0.29, 0.717) is 17.7 Å². The second-order valence-electron chi connectivity index (χ2n) is 5.70. The first-order valence-electron chi connectivity index (χ1n) is 7.01. The van der Waals surface area contributed by atoms with Crippen molar-refractivity contribution >= 4 is 17.6 Å². The van der Waals surface area contributed by atoms with Crippen molar-refractivity contribution in [1.82, 2.24) is 5.32 Å². The molecule has 5 nitrogen and oxygen atoms in total. The summed E-state index contributed by atoms with van der Waals surface area (Å²) in [5, 5.41) is 2.73. The zero-order valence-corrected chi connectivity index (χ0v) is 13.3. The molecule has 0 aliphatic carbocycles. The van der Waals surface area contributed by atoms with Crippen LogP contribution in [0.15, 0.2) is 12.1 Å². The van der Waals surface area contributed by atoms with Crippen LogP contribution in [-0.2, 0) is 9.53 Å². The van der Waals surface area contributed by atoms with Crippen molar-refractivity contribution in [2.24, 2.45) is 5.92 Å². The van der Waals surface area contributed by atoms with Crippen molar-refractivity contribution < 1.29 is 14.3 Å². The largest absolute Gasteiger partial charge is 0.467 e. The molecular weight excluding hydrogens is 268 g/mol. The number of methoxy groups -OCH3 is 1. The number of anilines is 1. The molecule has 0 heterocycles. The maximum absolute atomic E-state index is 12.4. The van der Waals surface area contributed by atoms with Gasteiger partial charge < -0.3 is 15.8 Å². The quantitative estimate of drug-likeness (QED) is 0.644. The predicted molar refractivity (Wildman–Crippen MR) is 83.1 cm³/mol. The third-order valence-electron chi connectivity index (χ3n) is 3.36. The minimum Gasteiger partial charge on any atom is -0.467 e. The molecule has 0 aliphatic rings. The third-order valence-corrected chi connectivity index (χ3v) is 3.36.